The number of carbonyl (C=O) groups excluding carboxylic acids is 1. The predicted octanol–water partition coefficient (Wildman–Crippen LogP) is -0.414. The van der Waals surface area contributed by atoms with E-state index in [1.54, 1.807) is 31.1 Å². The zero-order chi connectivity index (χ0) is 17.1. The molecule has 128 valence electrons. The Morgan fingerprint density at radius 2 is 2.00 bits per heavy atom. The van der Waals surface area contributed by atoms with Crippen molar-refractivity contribution in [1.29, 1.82) is 0 Å². The highest BCUT2D eigenvalue weighted by atomic mass is 16.2. The van der Waals surface area contributed by atoms with Crippen LogP contribution in [0.4, 0.5) is 0 Å². The van der Waals surface area contributed by atoms with Gasteiger partial charge in [-0.2, -0.15) is 5.10 Å². The first kappa shape index (κ1) is 16.4. The number of nitrogens with zero attached hydrogens (tertiary/aromatic N) is 6. The zero-order valence-corrected chi connectivity index (χ0v) is 14.1. The largest absolute Gasteiger partial charge is 0.347 e. The number of aromatic nitrogens is 4. The Balaban J connectivity index is 1.65. The molecule has 3 rings (SSSR count). The van der Waals surface area contributed by atoms with Gasteiger partial charge in [-0.05, 0) is 24.1 Å². The molecule has 0 atom stereocenters. The van der Waals surface area contributed by atoms with Gasteiger partial charge >= 0.3 is 5.69 Å². The molecule has 24 heavy (non-hydrogen) atoms. The first-order valence-electron chi connectivity index (χ1n) is 8.02. The molecule has 2 aromatic rings. The van der Waals surface area contributed by atoms with Gasteiger partial charge < -0.3 is 4.90 Å². The lowest BCUT2D eigenvalue weighted by atomic mass is 10.2. The van der Waals surface area contributed by atoms with E-state index in [2.05, 4.69) is 15.0 Å². The summed E-state index contributed by atoms with van der Waals surface area (Å²) in [5, 5.41) is 4.35. The van der Waals surface area contributed by atoms with Crippen LogP contribution in [-0.4, -0.2) is 62.2 Å². The van der Waals surface area contributed by atoms with Crippen molar-refractivity contribution in [2.75, 3.05) is 27.2 Å². The van der Waals surface area contributed by atoms with Crippen molar-refractivity contribution >= 4 is 5.91 Å². The topological polar surface area (TPSA) is 76.3 Å². The van der Waals surface area contributed by atoms with Crippen molar-refractivity contribution in [2.24, 2.45) is 0 Å². The Morgan fingerprint density at radius 1 is 1.25 bits per heavy atom. The molecule has 3 heterocycles. The summed E-state index contributed by atoms with van der Waals surface area (Å²) in [4.78, 5) is 31.9. The molecule has 8 nitrogen and oxygen atoms in total. The Kier molecular flexibility index (Phi) is 4.75. The molecule has 0 fully saturated rings. The third-order valence-corrected chi connectivity index (χ3v) is 4.25. The van der Waals surface area contributed by atoms with Gasteiger partial charge in [0.2, 0.25) is 5.91 Å². The smallest absolute Gasteiger partial charge is 0.346 e. The van der Waals surface area contributed by atoms with Crippen LogP contribution in [0, 0.1) is 0 Å². The van der Waals surface area contributed by atoms with Crippen LogP contribution in [0.5, 0.6) is 0 Å². The Bertz CT molecular complexity index is 765. The minimum Gasteiger partial charge on any atom is -0.347 e. The second-order valence-electron chi connectivity index (χ2n) is 6.18. The monoisotopic (exact) mass is 330 g/mol. The van der Waals surface area contributed by atoms with Crippen molar-refractivity contribution in [1.82, 2.24) is 29.1 Å². The molecule has 0 saturated carbocycles. The van der Waals surface area contributed by atoms with Crippen molar-refractivity contribution in [3.63, 3.8) is 0 Å². The lowest BCUT2D eigenvalue weighted by Crippen LogP contribution is -2.39. The molecule has 8 heteroatoms. The maximum atomic E-state index is 12.3. The molecule has 0 aromatic carbocycles. The molecule has 0 spiro atoms. The highest BCUT2D eigenvalue weighted by molar-refractivity contribution is 5.75. The SMILES string of the molecule is CN(C)C(=O)Cn1nc2n(c1=O)CCN(CCc1ccncc1)C2. The standard InChI is InChI=1S/C16H22N6O2/c1-19(2)15(23)12-22-16(24)21-10-9-20(11-14(21)18-22)8-5-13-3-6-17-7-4-13/h3-4,6-7H,5,8-12H2,1-2H3. The van der Waals surface area contributed by atoms with Gasteiger partial charge in [-0.25, -0.2) is 9.48 Å². The molecule has 0 unspecified atom stereocenters. The summed E-state index contributed by atoms with van der Waals surface area (Å²) >= 11 is 0. The Morgan fingerprint density at radius 3 is 2.71 bits per heavy atom. The van der Waals surface area contributed by atoms with Gasteiger partial charge in [0, 0.05) is 46.1 Å². The average molecular weight is 330 g/mol. The van der Waals surface area contributed by atoms with Crippen molar-refractivity contribution in [2.45, 2.75) is 26.1 Å². The van der Waals surface area contributed by atoms with Crippen LogP contribution in [-0.2, 0) is 30.8 Å². The fourth-order valence-electron chi connectivity index (χ4n) is 2.75. The molecular formula is C16H22N6O2. The molecule has 0 aliphatic carbocycles. The fourth-order valence-corrected chi connectivity index (χ4v) is 2.75. The van der Waals surface area contributed by atoms with Gasteiger partial charge in [0.05, 0.1) is 6.54 Å². The molecular weight excluding hydrogens is 308 g/mol. The van der Waals surface area contributed by atoms with Crippen LogP contribution in [0.3, 0.4) is 0 Å². The highest BCUT2D eigenvalue weighted by Crippen LogP contribution is 2.09. The first-order valence-corrected chi connectivity index (χ1v) is 8.02. The van der Waals surface area contributed by atoms with Crippen LogP contribution in [0.15, 0.2) is 29.3 Å². The molecule has 0 radical (unpaired) electrons. The molecule has 0 bridgehead atoms. The van der Waals surface area contributed by atoms with Crippen molar-refractivity contribution in [3.05, 3.63) is 46.4 Å². The van der Waals surface area contributed by atoms with E-state index in [1.807, 2.05) is 12.1 Å². The van der Waals surface area contributed by atoms with Gasteiger partial charge in [0.25, 0.3) is 0 Å². The number of fused-ring (bicyclic) bond motifs is 1. The molecule has 0 saturated heterocycles. The van der Waals surface area contributed by atoms with E-state index in [9.17, 15) is 9.59 Å². The second-order valence-corrected chi connectivity index (χ2v) is 6.18. The van der Waals surface area contributed by atoms with Gasteiger partial charge in [-0.1, -0.05) is 0 Å². The van der Waals surface area contributed by atoms with E-state index >= 15 is 0 Å². The van der Waals surface area contributed by atoms with Crippen LogP contribution in [0.1, 0.15) is 11.4 Å². The Labute approximate surface area is 140 Å². The highest BCUT2D eigenvalue weighted by Gasteiger charge is 2.22. The number of pyridine rings is 1. The summed E-state index contributed by atoms with van der Waals surface area (Å²) in [7, 11) is 3.34. The van der Waals surface area contributed by atoms with Gasteiger partial charge in [0.1, 0.15) is 12.4 Å². The molecule has 1 aliphatic heterocycles. The quantitative estimate of drug-likeness (QED) is 0.745. The van der Waals surface area contributed by atoms with Gasteiger partial charge in [-0.3, -0.25) is 19.2 Å². The summed E-state index contributed by atoms with van der Waals surface area (Å²) in [6.07, 6.45) is 4.53. The number of rotatable bonds is 5. The predicted molar refractivity (Wildman–Crippen MR) is 88.4 cm³/mol. The number of likely N-dealkylation sites (N-methyl/N-ethyl adjacent to an activating group) is 1. The molecule has 1 aliphatic rings. The second kappa shape index (κ2) is 6.96. The number of carbonyl (C=O) groups is 1. The molecule has 1 amide bonds. The fraction of sp³-hybridized carbons (Fsp3) is 0.500. The van der Waals surface area contributed by atoms with Crippen LogP contribution < -0.4 is 5.69 Å². The van der Waals surface area contributed by atoms with Crippen LogP contribution in [0.2, 0.25) is 0 Å². The summed E-state index contributed by atoms with van der Waals surface area (Å²) in [5.41, 5.74) is 1.05. The van der Waals surface area contributed by atoms with Gasteiger partial charge in [0.15, 0.2) is 0 Å². The van der Waals surface area contributed by atoms with E-state index in [-0.39, 0.29) is 18.1 Å². The zero-order valence-electron chi connectivity index (χ0n) is 14.1. The number of hydrogen-bond donors (Lipinski definition) is 0. The van der Waals surface area contributed by atoms with Crippen LogP contribution in [0.25, 0.3) is 0 Å². The van der Waals surface area contributed by atoms with Crippen molar-refractivity contribution in [3.8, 4) is 0 Å². The van der Waals surface area contributed by atoms with Crippen molar-refractivity contribution < 1.29 is 4.79 Å². The lowest BCUT2D eigenvalue weighted by molar-refractivity contribution is -0.129. The van der Waals surface area contributed by atoms with E-state index in [0.29, 0.717) is 13.1 Å². The summed E-state index contributed by atoms with van der Waals surface area (Å²) in [6, 6.07) is 4.03. The average Bonchev–Trinajstić information content (AvgIpc) is 2.89. The van der Waals surface area contributed by atoms with E-state index < -0.39 is 0 Å². The van der Waals surface area contributed by atoms with Gasteiger partial charge in [-0.15, -0.1) is 0 Å². The molecule has 2 aromatic heterocycles. The number of hydrogen-bond acceptors (Lipinski definition) is 5. The maximum Gasteiger partial charge on any atom is 0.346 e. The summed E-state index contributed by atoms with van der Waals surface area (Å²) in [5.74, 6) is 0.592. The number of amides is 1. The molecule has 0 N–H and O–H groups in total. The normalized spacial score (nSPS) is 14.4. The van der Waals surface area contributed by atoms with E-state index in [1.165, 1.54) is 15.1 Å². The minimum atomic E-state index is -0.200. The van der Waals surface area contributed by atoms with E-state index in [0.717, 1.165) is 25.3 Å². The summed E-state index contributed by atoms with van der Waals surface area (Å²) < 4.78 is 2.94. The first-order chi connectivity index (χ1) is 11.5. The summed E-state index contributed by atoms with van der Waals surface area (Å²) in [6.45, 7) is 2.94. The Hall–Kier alpha value is -2.48. The lowest BCUT2D eigenvalue weighted by Gasteiger charge is -2.26. The third kappa shape index (κ3) is 3.53. The third-order valence-electron chi connectivity index (χ3n) is 4.25. The minimum absolute atomic E-state index is 0.0111. The maximum absolute atomic E-state index is 12.3. The van der Waals surface area contributed by atoms with E-state index in [4.69, 9.17) is 0 Å². The van der Waals surface area contributed by atoms with Crippen LogP contribution >= 0.6 is 0 Å².